The lowest BCUT2D eigenvalue weighted by atomic mass is 9.94. The molecule has 2 aliphatic rings. The fourth-order valence-electron chi connectivity index (χ4n) is 5.11. The molecular weight excluding hydrogens is 466 g/mol. The van der Waals surface area contributed by atoms with Crippen molar-refractivity contribution in [2.75, 3.05) is 6.54 Å². The van der Waals surface area contributed by atoms with Crippen molar-refractivity contribution in [3.05, 3.63) is 77.7 Å². The molecule has 0 radical (unpaired) electrons. The average molecular weight is 498 g/mol. The lowest BCUT2D eigenvalue weighted by molar-refractivity contribution is 0.0929. The van der Waals surface area contributed by atoms with Gasteiger partial charge in [0.15, 0.2) is 0 Å². The number of rotatable bonds is 7. The molecular formula is C28H31N5O2Si. The van der Waals surface area contributed by atoms with E-state index in [1.54, 1.807) is 4.68 Å². The Balaban J connectivity index is 1.32. The Bertz CT molecular complexity index is 1460. The van der Waals surface area contributed by atoms with Crippen molar-refractivity contribution >= 4 is 27.1 Å². The molecule has 1 aliphatic carbocycles. The first-order valence-electron chi connectivity index (χ1n) is 12.6. The smallest absolute Gasteiger partial charge is 0.252 e. The third kappa shape index (κ3) is 4.20. The maximum Gasteiger partial charge on any atom is 0.252 e. The van der Waals surface area contributed by atoms with Crippen LogP contribution in [-0.4, -0.2) is 49.2 Å². The molecule has 2 fully saturated rings. The summed E-state index contributed by atoms with van der Waals surface area (Å²) in [6.45, 7) is 3.04. The highest BCUT2D eigenvalue weighted by molar-refractivity contribution is 6.11. The Kier molecular flexibility index (Phi) is 5.65. The highest BCUT2D eigenvalue weighted by Crippen LogP contribution is 2.49. The topological polar surface area (TPSA) is 81.1 Å². The molecule has 2 N–H and O–H groups in total. The summed E-state index contributed by atoms with van der Waals surface area (Å²) >= 11 is 0. The summed E-state index contributed by atoms with van der Waals surface area (Å²) < 4.78 is 8.02. The predicted molar refractivity (Wildman–Crippen MR) is 144 cm³/mol. The van der Waals surface area contributed by atoms with Crippen LogP contribution in [0.4, 0.5) is 0 Å². The van der Waals surface area contributed by atoms with E-state index in [0.29, 0.717) is 11.6 Å². The van der Waals surface area contributed by atoms with Gasteiger partial charge in [-0.25, -0.2) is 0 Å². The number of nitrogens with one attached hydrogen (secondary N) is 2. The Morgan fingerprint density at radius 1 is 1.25 bits per heavy atom. The molecule has 184 valence electrons. The van der Waals surface area contributed by atoms with E-state index < -0.39 is 5.54 Å². The zero-order chi connectivity index (χ0) is 24.9. The third-order valence-electron chi connectivity index (χ3n) is 7.58. The molecule has 2 atom stereocenters. The van der Waals surface area contributed by atoms with Gasteiger partial charge in [0.2, 0.25) is 0 Å². The first kappa shape index (κ1) is 22.9. The van der Waals surface area contributed by atoms with Crippen LogP contribution in [0.2, 0.25) is 0 Å². The van der Waals surface area contributed by atoms with E-state index in [-0.39, 0.29) is 11.6 Å². The van der Waals surface area contributed by atoms with Crippen molar-refractivity contribution in [1.82, 2.24) is 25.4 Å². The summed E-state index contributed by atoms with van der Waals surface area (Å²) in [5.41, 5.74) is 5.52. The first-order valence-corrected chi connectivity index (χ1v) is 13.8. The Morgan fingerprint density at radius 3 is 2.78 bits per heavy atom. The van der Waals surface area contributed by atoms with Crippen LogP contribution in [0.3, 0.4) is 0 Å². The fraction of sp³-hybridized carbons (Fsp3) is 0.321. The summed E-state index contributed by atoms with van der Waals surface area (Å²) in [4.78, 5) is 18.3. The van der Waals surface area contributed by atoms with Gasteiger partial charge in [-0.2, -0.15) is 5.10 Å². The zero-order valence-corrected chi connectivity index (χ0v) is 22.9. The number of hydrogen-bond donors (Lipinski definition) is 2. The molecule has 1 saturated carbocycles. The predicted octanol–water partition coefficient (Wildman–Crippen LogP) is 2.80. The number of amides is 1. The summed E-state index contributed by atoms with van der Waals surface area (Å²) in [5, 5.41) is 12.2. The lowest BCUT2D eigenvalue weighted by Crippen LogP contribution is -2.53. The molecule has 6 rings (SSSR count). The number of ether oxygens (including phenoxy) is 1. The van der Waals surface area contributed by atoms with E-state index >= 15 is 0 Å². The van der Waals surface area contributed by atoms with E-state index in [9.17, 15) is 4.79 Å². The minimum absolute atomic E-state index is 0.0639. The molecule has 3 heterocycles. The van der Waals surface area contributed by atoms with Crippen molar-refractivity contribution in [2.45, 2.75) is 43.5 Å². The minimum atomic E-state index is -0.407. The number of aromatic nitrogens is 3. The highest BCUT2D eigenvalue weighted by atomic mass is 28.1. The Labute approximate surface area is 213 Å². The molecule has 0 spiro atoms. The monoisotopic (exact) mass is 497 g/mol. The average Bonchev–Trinajstić information content (AvgIpc) is 3.48. The van der Waals surface area contributed by atoms with Crippen LogP contribution in [0, 0.1) is 6.92 Å². The standard InChI is InChI=1S/C28H31N5O2Si/c1-17-5-6-20(35-27(36)24-7-11-30-24)14-22(17)26(34)32-28(8-9-28)23-12-18(19-15-31-33(2)16-19)13-25-21(23)4-3-10-29-25/h3-6,10,12-16,24,27,30H,7-9,11H2,1-2,36H3,(H,32,34)/t24-,27?/m0/s1. The maximum absolute atomic E-state index is 13.6. The molecule has 1 unspecified atom stereocenters. The minimum Gasteiger partial charge on any atom is -0.494 e. The van der Waals surface area contributed by atoms with Gasteiger partial charge in [-0.05, 0) is 79.8 Å². The van der Waals surface area contributed by atoms with E-state index in [1.807, 2.05) is 56.8 Å². The molecule has 4 aromatic rings. The van der Waals surface area contributed by atoms with Crippen LogP contribution >= 0.6 is 0 Å². The number of aryl methyl sites for hydroxylation is 2. The Hall–Kier alpha value is -3.49. The van der Waals surface area contributed by atoms with E-state index in [1.165, 1.54) is 0 Å². The van der Waals surface area contributed by atoms with Gasteiger partial charge in [-0.15, -0.1) is 0 Å². The molecule has 1 amide bonds. The summed E-state index contributed by atoms with van der Waals surface area (Å²) in [6.07, 6.45) is 8.62. The molecule has 2 aromatic heterocycles. The van der Waals surface area contributed by atoms with Gasteiger partial charge in [0.05, 0.1) is 33.2 Å². The van der Waals surface area contributed by atoms with Gasteiger partial charge in [-0.3, -0.25) is 14.5 Å². The van der Waals surface area contributed by atoms with E-state index in [2.05, 4.69) is 38.9 Å². The van der Waals surface area contributed by atoms with Gasteiger partial charge in [0, 0.05) is 42.0 Å². The molecule has 8 heteroatoms. The second-order valence-electron chi connectivity index (χ2n) is 10.2. The van der Waals surface area contributed by atoms with Crippen LogP contribution in [0.25, 0.3) is 22.0 Å². The van der Waals surface area contributed by atoms with Gasteiger partial charge >= 0.3 is 0 Å². The summed E-state index contributed by atoms with van der Waals surface area (Å²) in [7, 11) is 2.85. The zero-order valence-electron chi connectivity index (χ0n) is 20.9. The lowest BCUT2D eigenvalue weighted by Gasteiger charge is -2.33. The number of carbonyl (C=O) groups is 1. The van der Waals surface area contributed by atoms with Gasteiger partial charge in [0.25, 0.3) is 5.91 Å². The van der Waals surface area contributed by atoms with Crippen molar-refractivity contribution in [1.29, 1.82) is 0 Å². The van der Waals surface area contributed by atoms with E-state index in [0.717, 1.165) is 75.0 Å². The number of benzene rings is 2. The normalized spacial score (nSPS) is 19.0. The molecule has 1 aliphatic heterocycles. The summed E-state index contributed by atoms with van der Waals surface area (Å²) in [6, 6.07) is 14.6. The number of pyridine rings is 1. The van der Waals surface area contributed by atoms with Crippen LogP contribution in [0.15, 0.2) is 61.1 Å². The largest absolute Gasteiger partial charge is 0.494 e. The molecule has 7 nitrogen and oxygen atoms in total. The number of nitrogens with zero attached hydrogens (tertiary/aromatic N) is 3. The fourth-order valence-corrected chi connectivity index (χ4v) is 5.96. The number of carbonyl (C=O) groups excluding carboxylic acids is 1. The van der Waals surface area contributed by atoms with Gasteiger partial charge < -0.3 is 15.4 Å². The summed E-state index contributed by atoms with van der Waals surface area (Å²) in [5.74, 6) is 0.698. The number of hydrogen-bond acceptors (Lipinski definition) is 5. The van der Waals surface area contributed by atoms with Gasteiger partial charge in [0.1, 0.15) is 5.75 Å². The van der Waals surface area contributed by atoms with Crippen molar-refractivity contribution in [3.63, 3.8) is 0 Å². The van der Waals surface area contributed by atoms with Crippen molar-refractivity contribution in [3.8, 4) is 16.9 Å². The third-order valence-corrected chi connectivity index (χ3v) is 8.62. The molecule has 0 bridgehead atoms. The number of fused-ring (bicyclic) bond motifs is 1. The molecule has 2 aromatic carbocycles. The van der Waals surface area contributed by atoms with E-state index in [4.69, 9.17) is 4.74 Å². The Morgan fingerprint density at radius 2 is 2.08 bits per heavy atom. The molecule has 1 saturated heterocycles. The van der Waals surface area contributed by atoms with Crippen molar-refractivity contribution < 1.29 is 9.53 Å². The highest BCUT2D eigenvalue weighted by Gasteiger charge is 2.47. The van der Waals surface area contributed by atoms with Crippen LogP contribution in [-0.2, 0) is 12.6 Å². The SMILES string of the molecule is Cc1ccc(OC([SiH3])[C@@H]2CCN2)cc1C(=O)NC1(c2cc(-c3cnn(C)c3)cc3ncccc23)CC1. The van der Waals surface area contributed by atoms with Crippen LogP contribution in [0.1, 0.15) is 40.7 Å². The molecule has 36 heavy (non-hydrogen) atoms. The second kappa shape index (κ2) is 8.87. The van der Waals surface area contributed by atoms with Crippen LogP contribution in [0.5, 0.6) is 5.75 Å². The second-order valence-corrected chi connectivity index (χ2v) is 11.3. The first-order chi connectivity index (χ1) is 17.4. The quantitative estimate of drug-likeness (QED) is 0.384. The van der Waals surface area contributed by atoms with Crippen LogP contribution < -0.4 is 15.4 Å². The van der Waals surface area contributed by atoms with Crippen molar-refractivity contribution in [2.24, 2.45) is 7.05 Å². The van der Waals surface area contributed by atoms with Gasteiger partial charge in [-0.1, -0.05) is 12.1 Å². The maximum atomic E-state index is 13.6.